The van der Waals surface area contributed by atoms with E-state index in [-0.39, 0.29) is 0 Å². The van der Waals surface area contributed by atoms with Crippen LogP contribution < -0.4 is 5.32 Å². The number of aromatic nitrogens is 1. The normalized spacial score (nSPS) is 9.95. The summed E-state index contributed by atoms with van der Waals surface area (Å²) in [6.07, 6.45) is 2.38. The minimum atomic E-state index is 0.532. The number of rotatable bonds is 4. The van der Waals surface area contributed by atoms with Crippen molar-refractivity contribution in [2.45, 2.75) is 6.42 Å². The first-order chi connectivity index (χ1) is 9.20. The summed E-state index contributed by atoms with van der Waals surface area (Å²) in [7, 11) is 0. The molecule has 1 aromatic heterocycles. The number of nitriles is 1. The summed E-state index contributed by atoms with van der Waals surface area (Å²) in [6.45, 7) is 0.646. The van der Waals surface area contributed by atoms with Gasteiger partial charge >= 0.3 is 0 Å². The second-order valence-electron chi connectivity index (χ2n) is 3.92. The van der Waals surface area contributed by atoms with Crippen LogP contribution in [0.2, 0.25) is 10.0 Å². The van der Waals surface area contributed by atoms with Gasteiger partial charge in [0.25, 0.3) is 0 Å². The smallest absolute Gasteiger partial charge is 0.143 e. The van der Waals surface area contributed by atoms with Crippen LogP contribution in [0.5, 0.6) is 0 Å². The molecule has 1 heterocycles. The predicted octanol–water partition coefficient (Wildman–Crippen LogP) is 3.91. The topological polar surface area (TPSA) is 48.7 Å². The molecule has 0 aliphatic carbocycles. The number of pyridine rings is 1. The zero-order chi connectivity index (χ0) is 13.7. The Hall–Kier alpha value is -1.76. The predicted molar refractivity (Wildman–Crippen MR) is 77.6 cm³/mol. The second-order valence-corrected chi connectivity index (χ2v) is 4.77. The Morgan fingerprint density at radius 2 is 2.11 bits per heavy atom. The van der Waals surface area contributed by atoms with E-state index in [2.05, 4.69) is 16.4 Å². The molecular weight excluding hydrogens is 281 g/mol. The maximum absolute atomic E-state index is 8.94. The first-order valence-corrected chi connectivity index (χ1v) is 6.49. The van der Waals surface area contributed by atoms with Gasteiger partial charge in [-0.2, -0.15) is 5.26 Å². The molecule has 0 radical (unpaired) electrons. The fraction of sp³-hybridized carbons (Fsp3) is 0.143. The molecule has 0 atom stereocenters. The molecule has 3 nitrogen and oxygen atoms in total. The van der Waals surface area contributed by atoms with Crippen molar-refractivity contribution in [3.63, 3.8) is 0 Å². The van der Waals surface area contributed by atoms with Crippen LogP contribution in [-0.4, -0.2) is 11.5 Å². The third-order valence-corrected chi connectivity index (χ3v) is 3.22. The number of nitrogens with one attached hydrogen (secondary N) is 1. The first kappa shape index (κ1) is 13.7. The van der Waals surface area contributed by atoms with Crippen molar-refractivity contribution in [3.8, 4) is 6.07 Å². The van der Waals surface area contributed by atoms with E-state index in [1.807, 2.05) is 12.1 Å². The van der Waals surface area contributed by atoms with Crippen LogP contribution in [0.4, 0.5) is 5.82 Å². The Labute approximate surface area is 121 Å². The Bertz CT molecular complexity index is 620. The summed E-state index contributed by atoms with van der Waals surface area (Å²) < 4.78 is 0. The molecule has 96 valence electrons. The van der Waals surface area contributed by atoms with Crippen LogP contribution in [0.3, 0.4) is 0 Å². The molecule has 2 aromatic rings. The summed E-state index contributed by atoms with van der Waals surface area (Å²) in [5, 5.41) is 13.3. The van der Waals surface area contributed by atoms with Gasteiger partial charge in [0, 0.05) is 22.8 Å². The second kappa shape index (κ2) is 6.42. The van der Waals surface area contributed by atoms with E-state index >= 15 is 0 Å². The van der Waals surface area contributed by atoms with Gasteiger partial charge in [0.05, 0.1) is 5.56 Å². The summed E-state index contributed by atoms with van der Waals surface area (Å²) in [6, 6.07) is 11.0. The highest BCUT2D eigenvalue weighted by molar-refractivity contribution is 6.35. The summed E-state index contributed by atoms with van der Waals surface area (Å²) in [5.41, 5.74) is 1.54. The van der Waals surface area contributed by atoms with Gasteiger partial charge < -0.3 is 5.32 Å². The Kier molecular flexibility index (Phi) is 4.62. The minimum Gasteiger partial charge on any atom is -0.369 e. The van der Waals surface area contributed by atoms with Gasteiger partial charge in [0.2, 0.25) is 0 Å². The quantitative estimate of drug-likeness (QED) is 0.929. The van der Waals surface area contributed by atoms with E-state index in [0.29, 0.717) is 28.0 Å². The van der Waals surface area contributed by atoms with Crippen LogP contribution in [0.1, 0.15) is 11.1 Å². The Balaban J connectivity index is 1.99. The molecule has 0 saturated carbocycles. The van der Waals surface area contributed by atoms with Crippen LogP contribution in [0, 0.1) is 11.3 Å². The number of anilines is 1. The molecule has 19 heavy (non-hydrogen) atoms. The fourth-order valence-electron chi connectivity index (χ4n) is 1.68. The van der Waals surface area contributed by atoms with Gasteiger partial charge in [-0.1, -0.05) is 29.3 Å². The molecule has 2 rings (SSSR count). The Morgan fingerprint density at radius 1 is 1.26 bits per heavy atom. The SMILES string of the molecule is N#Cc1cccnc1NCCc1ccc(Cl)cc1Cl. The molecular formula is C14H11Cl2N3. The van der Waals surface area contributed by atoms with E-state index in [1.165, 1.54) is 0 Å². The number of benzene rings is 1. The average molecular weight is 292 g/mol. The summed E-state index contributed by atoms with van der Waals surface area (Å²) in [5.74, 6) is 0.593. The molecule has 5 heteroatoms. The van der Waals surface area contributed by atoms with Crippen LogP contribution in [0.15, 0.2) is 36.5 Å². The van der Waals surface area contributed by atoms with Crippen molar-refractivity contribution < 1.29 is 0 Å². The number of halogens is 2. The zero-order valence-electron chi connectivity index (χ0n) is 10.0. The van der Waals surface area contributed by atoms with Gasteiger partial charge in [-0.05, 0) is 36.2 Å². The molecule has 0 fully saturated rings. The first-order valence-electron chi connectivity index (χ1n) is 5.73. The van der Waals surface area contributed by atoms with Gasteiger partial charge in [0.15, 0.2) is 0 Å². The van der Waals surface area contributed by atoms with Gasteiger partial charge in [0.1, 0.15) is 11.9 Å². The lowest BCUT2D eigenvalue weighted by Crippen LogP contribution is -2.07. The molecule has 1 aromatic carbocycles. The number of nitrogens with zero attached hydrogens (tertiary/aromatic N) is 2. The summed E-state index contributed by atoms with van der Waals surface area (Å²) in [4.78, 5) is 4.13. The van der Waals surface area contributed by atoms with E-state index < -0.39 is 0 Å². The van der Waals surface area contributed by atoms with Crippen LogP contribution in [-0.2, 0) is 6.42 Å². The van der Waals surface area contributed by atoms with Crippen molar-refractivity contribution in [2.75, 3.05) is 11.9 Å². The van der Waals surface area contributed by atoms with Crippen molar-refractivity contribution in [1.29, 1.82) is 5.26 Å². The maximum atomic E-state index is 8.94. The molecule has 0 bridgehead atoms. The van der Waals surface area contributed by atoms with E-state index in [4.69, 9.17) is 28.5 Å². The third-order valence-electron chi connectivity index (χ3n) is 2.63. The molecule has 0 unspecified atom stereocenters. The van der Waals surface area contributed by atoms with Crippen molar-refractivity contribution in [2.24, 2.45) is 0 Å². The van der Waals surface area contributed by atoms with E-state index in [9.17, 15) is 0 Å². The molecule has 0 aliphatic heterocycles. The highest BCUT2D eigenvalue weighted by Crippen LogP contribution is 2.21. The van der Waals surface area contributed by atoms with Gasteiger partial charge in [-0.3, -0.25) is 0 Å². The van der Waals surface area contributed by atoms with Crippen LogP contribution in [0.25, 0.3) is 0 Å². The molecule has 0 spiro atoms. The lowest BCUT2D eigenvalue weighted by Gasteiger charge is -2.08. The standard InChI is InChI=1S/C14H11Cl2N3/c15-12-4-3-10(13(16)8-12)5-7-19-14-11(9-17)2-1-6-18-14/h1-4,6,8H,5,7H2,(H,18,19). The van der Waals surface area contributed by atoms with E-state index in [1.54, 1.807) is 24.4 Å². The third kappa shape index (κ3) is 3.60. The Morgan fingerprint density at radius 3 is 2.84 bits per heavy atom. The fourth-order valence-corrected chi connectivity index (χ4v) is 2.18. The largest absolute Gasteiger partial charge is 0.369 e. The number of hydrogen-bond donors (Lipinski definition) is 1. The van der Waals surface area contributed by atoms with Crippen molar-refractivity contribution in [3.05, 3.63) is 57.7 Å². The number of hydrogen-bond acceptors (Lipinski definition) is 3. The molecule has 0 amide bonds. The zero-order valence-corrected chi connectivity index (χ0v) is 11.5. The monoisotopic (exact) mass is 291 g/mol. The molecule has 0 aliphatic rings. The van der Waals surface area contributed by atoms with Crippen molar-refractivity contribution >= 4 is 29.0 Å². The van der Waals surface area contributed by atoms with Crippen LogP contribution >= 0.6 is 23.2 Å². The average Bonchev–Trinajstić information content (AvgIpc) is 2.42. The summed E-state index contributed by atoms with van der Waals surface area (Å²) >= 11 is 11.9. The van der Waals surface area contributed by atoms with Gasteiger partial charge in [-0.25, -0.2) is 4.98 Å². The highest BCUT2D eigenvalue weighted by Gasteiger charge is 2.04. The van der Waals surface area contributed by atoms with Gasteiger partial charge in [-0.15, -0.1) is 0 Å². The minimum absolute atomic E-state index is 0.532. The molecule has 0 saturated heterocycles. The van der Waals surface area contributed by atoms with E-state index in [0.717, 1.165) is 12.0 Å². The lowest BCUT2D eigenvalue weighted by atomic mass is 10.1. The molecule has 1 N–H and O–H groups in total. The van der Waals surface area contributed by atoms with Crippen molar-refractivity contribution in [1.82, 2.24) is 4.98 Å². The maximum Gasteiger partial charge on any atom is 0.143 e. The lowest BCUT2D eigenvalue weighted by molar-refractivity contribution is 1.00. The highest BCUT2D eigenvalue weighted by atomic mass is 35.5.